The third-order valence-corrected chi connectivity index (χ3v) is 5.67. The molecule has 0 atom stereocenters. The van der Waals surface area contributed by atoms with Gasteiger partial charge in [0.25, 0.3) is 0 Å². The largest absolute Gasteiger partial charge is 0.494 e. The summed E-state index contributed by atoms with van der Waals surface area (Å²) in [6.45, 7) is 7.72. The average molecular weight is 351 g/mol. The van der Waals surface area contributed by atoms with Crippen LogP contribution in [-0.4, -0.2) is 49.1 Å². The standard InChI is InChI=1S/C23H30N2O/c1-2-6-20(7-3-1)19-25-15-13-24(14-16-25)12-5-17-26-23-11-10-21-8-4-9-22(21)18-23/h1-3,6-7,10-11,18H,4-5,8-9,12-17,19H2. The minimum Gasteiger partial charge on any atom is -0.494 e. The highest BCUT2D eigenvalue weighted by Crippen LogP contribution is 2.26. The Morgan fingerprint density at radius 3 is 2.42 bits per heavy atom. The molecule has 2 aliphatic rings. The summed E-state index contributed by atoms with van der Waals surface area (Å²) in [5.74, 6) is 1.05. The summed E-state index contributed by atoms with van der Waals surface area (Å²) in [4.78, 5) is 5.14. The Balaban J connectivity index is 1.13. The molecule has 0 saturated carbocycles. The monoisotopic (exact) mass is 350 g/mol. The molecule has 1 aliphatic heterocycles. The first kappa shape index (κ1) is 17.6. The van der Waals surface area contributed by atoms with Crippen LogP contribution in [0.25, 0.3) is 0 Å². The number of piperazine rings is 1. The van der Waals surface area contributed by atoms with Crippen LogP contribution < -0.4 is 4.74 Å². The first-order valence-electron chi connectivity index (χ1n) is 10.1. The molecule has 1 heterocycles. The molecule has 1 saturated heterocycles. The van der Waals surface area contributed by atoms with Crippen molar-refractivity contribution in [3.05, 3.63) is 65.2 Å². The van der Waals surface area contributed by atoms with E-state index in [0.717, 1.165) is 31.9 Å². The molecule has 3 heteroatoms. The molecule has 1 fully saturated rings. The Labute approximate surface area is 157 Å². The zero-order valence-electron chi connectivity index (χ0n) is 15.7. The SMILES string of the molecule is c1ccc(CN2CCN(CCCOc3ccc4c(c3)CCC4)CC2)cc1. The maximum absolute atomic E-state index is 5.99. The maximum Gasteiger partial charge on any atom is 0.119 e. The second-order valence-corrected chi connectivity index (χ2v) is 7.59. The number of aryl methyl sites for hydroxylation is 2. The lowest BCUT2D eigenvalue weighted by atomic mass is 10.1. The third-order valence-electron chi connectivity index (χ3n) is 5.67. The van der Waals surface area contributed by atoms with Crippen LogP contribution in [0.4, 0.5) is 0 Å². The molecule has 0 spiro atoms. The predicted octanol–water partition coefficient (Wildman–Crippen LogP) is 3.76. The third kappa shape index (κ3) is 4.66. The quantitative estimate of drug-likeness (QED) is 0.707. The normalized spacial score (nSPS) is 18.0. The fraction of sp³-hybridized carbons (Fsp3) is 0.478. The van der Waals surface area contributed by atoms with Gasteiger partial charge in [-0.25, -0.2) is 0 Å². The number of fused-ring (bicyclic) bond motifs is 1. The summed E-state index contributed by atoms with van der Waals surface area (Å²) in [5, 5.41) is 0. The topological polar surface area (TPSA) is 15.7 Å². The minimum atomic E-state index is 0.822. The molecule has 1 aliphatic carbocycles. The van der Waals surface area contributed by atoms with E-state index in [-0.39, 0.29) is 0 Å². The van der Waals surface area contributed by atoms with E-state index in [4.69, 9.17) is 4.74 Å². The zero-order chi connectivity index (χ0) is 17.6. The Morgan fingerprint density at radius 1 is 0.808 bits per heavy atom. The minimum absolute atomic E-state index is 0.822. The van der Waals surface area contributed by atoms with Crippen molar-refractivity contribution in [2.45, 2.75) is 32.2 Å². The first-order chi connectivity index (χ1) is 12.9. The lowest BCUT2D eigenvalue weighted by molar-refractivity contribution is 0.121. The van der Waals surface area contributed by atoms with Gasteiger partial charge in [0.15, 0.2) is 0 Å². The van der Waals surface area contributed by atoms with E-state index in [0.29, 0.717) is 0 Å². The molecule has 0 N–H and O–H groups in total. The van der Waals surface area contributed by atoms with Crippen molar-refractivity contribution in [1.29, 1.82) is 0 Å². The second-order valence-electron chi connectivity index (χ2n) is 7.59. The van der Waals surface area contributed by atoms with E-state index < -0.39 is 0 Å². The molecule has 0 amide bonds. The van der Waals surface area contributed by atoms with Gasteiger partial charge in [0.05, 0.1) is 6.61 Å². The van der Waals surface area contributed by atoms with Crippen LogP contribution in [0.2, 0.25) is 0 Å². The van der Waals surface area contributed by atoms with E-state index in [1.165, 1.54) is 62.1 Å². The number of benzene rings is 2. The number of hydrogen-bond donors (Lipinski definition) is 0. The van der Waals surface area contributed by atoms with E-state index in [9.17, 15) is 0 Å². The first-order valence-corrected chi connectivity index (χ1v) is 10.1. The Hall–Kier alpha value is -1.84. The van der Waals surface area contributed by atoms with Crippen molar-refractivity contribution >= 4 is 0 Å². The lowest BCUT2D eigenvalue weighted by Crippen LogP contribution is -2.46. The number of rotatable bonds is 7. The van der Waals surface area contributed by atoms with Crippen LogP contribution in [0.3, 0.4) is 0 Å². The van der Waals surface area contributed by atoms with Gasteiger partial charge in [0.2, 0.25) is 0 Å². The van der Waals surface area contributed by atoms with Crippen molar-refractivity contribution in [2.75, 3.05) is 39.3 Å². The van der Waals surface area contributed by atoms with Crippen LogP contribution in [0.1, 0.15) is 29.5 Å². The summed E-state index contributed by atoms with van der Waals surface area (Å²) in [6, 6.07) is 17.5. The molecule has 0 radical (unpaired) electrons. The fourth-order valence-corrected chi connectivity index (χ4v) is 4.13. The lowest BCUT2D eigenvalue weighted by Gasteiger charge is -2.34. The fourth-order valence-electron chi connectivity index (χ4n) is 4.13. The van der Waals surface area contributed by atoms with Crippen LogP contribution >= 0.6 is 0 Å². The van der Waals surface area contributed by atoms with Gasteiger partial charge in [-0.05, 0) is 54.5 Å². The number of hydrogen-bond acceptors (Lipinski definition) is 3. The molecule has 2 aromatic rings. The molecule has 0 aromatic heterocycles. The Bertz CT molecular complexity index is 693. The van der Waals surface area contributed by atoms with Crippen molar-refractivity contribution in [2.24, 2.45) is 0 Å². The average Bonchev–Trinajstić information content (AvgIpc) is 3.15. The van der Waals surface area contributed by atoms with Crippen molar-refractivity contribution in [3.8, 4) is 5.75 Å². The second kappa shape index (κ2) is 8.70. The highest BCUT2D eigenvalue weighted by molar-refractivity contribution is 5.38. The highest BCUT2D eigenvalue weighted by Gasteiger charge is 2.16. The summed E-state index contributed by atoms with van der Waals surface area (Å²) in [5.41, 5.74) is 4.44. The van der Waals surface area contributed by atoms with Crippen LogP contribution in [-0.2, 0) is 19.4 Å². The summed E-state index contributed by atoms with van der Waals surface area (Å²) < 4.78 is 5.99. The van der Waals surface area contributed by atoms with E-state index >= 15 is 0 Å². The molecule has 26 heavy (non-hydrogen) atoms. The Morgan fingerprint density at radius 2 is 1.58 bits per heavy atom. The van der Waals surface area contributed by atoms with Gasteiger partial charge in [-0.15, -0.1) is 0 Å². The summed E-state index contributed by atoms with van der Waals surface area (Å²) >= 11 is 0. The molecule has 138 valence electrons. The maximum atomic E-state index is 5.99. The van der Waals surface area contributed by atoms with E-state index in [2.05, 4.69) is 58.3 Å². The molecule has 0 unspecified atom stereocenters. The molecule has 3 nitrogen and oxygen atoms in total. The van der Waals surface area contributed by atoms with Crippen molar-refractivity contribution in [3.63, 3.8) is 0 Å². The Kier molecular flexibility index (Phi) is 5.88. The van der Waals surface area contributed by atoms with Crippen LogP contribution in [0, 0.1) is 0 Å². The summed E-state index contributed by atoms with van der Waals surface area (Å²) in [6.07, 6.45) is 4.87. The van der Waals surface area contributed by atoms with Gasteiger partial charge in [-0.2, -0.15) is 0 Å². The smallest absolute Gasteiger partial charge is 0.119 e. The summed E-state index contributed by atoms with van der Waals surface area (Å²) in [7, 11) is 0. The predicted molar refractivity (Wildman–Crippen MR) is 107 cm³/mol. The molecular weight excluding hydrogens is 320 g/mol. The van der Waals surface area contributed by atoms with Gasteiger partial charge >= 0.3 is 0 Å². The van der Waals surface area contributed by atoms with Gasteiger partial charge in [0.1, 0.15) is 5.75 Å². The highest BCUT2D eigenvalue weighted by atomic mass is 16.5. The number of nitrogens with zero attached hydrogens (tertiary/aromatic N) is 2. The molecule has 0 bridgehead atoms. The van der Waals surface area contributed by atoms with E-state index in [1.54, 1.807) is 0 Å². The van der Waals surface area contributed by atoms with Gasteiger partial charge < -0.3 is 9.64 Å². The van der Waals surface area contributed by atoms with E-state index in [1.807, 2.05) is 0 Å². The van der Waals surface area contributed by atoms with Gasteiger partial charge in [0, 0.05) is 39.3 Å². The van der Waals surface area contributed by atoms with Crippen LogP contribution in [0.15, 0.2) is 48.5 Å². The van der Waals surface area contributed by atoms with Gasteiger partial charge in [-0.3, -0.25) is 4.90 Å². The van der Waals surface area contributed by atoms with Crippen LogP contribution in [0.5, 0.6) is 5.75 Å². The zero-order valence-corrected chi connectivity index (χ0v) is 15.7. The van der Waals surface area contributed by atoms with Gasteiger partial charge in [-0.1, -0.05) is 36.4 Å². The molecular formula is C23H30N2O. The molecule has 2 aromatic carbocycles. The van der Waals surface area contributed by atoms with Crippen molar-refractivity contribution < 1.29 is 4.74 Å². The molecule has 4 rings (SSSR count). The van der Waals surface area contributed by atoms with Crippen molar-refractivity contribution in [1.82, 2.24) is 9.80 Å². The number of ether oxygens (including phenoxy) is 1.